The molecule has 0 aromatic heterocycles. The first-order valence-corrected chi connectivity index (χ1v) is 9.52. The summed E-state index contributed by atoms with van der Waals surface area (Å²) < 4.78 is 26.7. The summed E-state index contributed by atoms with van der Waals surface area (Å²) in [6, 6.07) is 10.2. The van der Waals surface area contributed by atoms with Crippen molar-refractivity contribution in [3.8, 4) is 0 Å². The Kier molecular flexibility index (Phi) is 4.62. The van der Waals surface area contributed by atoms with E-state index in [1.54, 1.807) is 4.31 Å². The van der Waals surface area contributed by atoms with Crippen LogP contribution in [0.25, 0.3) is 0 Å². The van der Waals surface area contributed by atoms with Gasteiger partial charge in [0, 0.05) is 32.2 Å². The molecule has 0 spiro atoms. The van der Waals surface area contributed by atoms with Gasteiger partial charge in [-0.2, -0.15) is 4.31 Å². The smallest absolute Gasteiger partial charge is 0.218 e. The molecule has 1 aromatic rings. The van der Waals surface area contributed by atoms with Crippen LogP contribution in [0.4, 0.5) is 0 Å². The van der Waals surface area contributed by atoms with E-state index in [4.69, 9.17) is 0 Å². The van der Waals surface area contributed by atoms with Crippen molar-refractivity contribution in [1.29, 1.82) is 0 Å². The Bertz CT molecular complexity index is 545. The van der Waals surface area contributed by atoms with Gasteiger partial charge in [-0.15, -0.1) is 0 Å². The summed E-state index contributed by atoms with van der Waals surface area (Å²) in [5.41, 5.74) is 0.871. The van der Waals surface area contributed by atoms with E-state index in [0.29, 0.717) is 19.1 Å². The van der Waals surface area contributed by atoms with Crippen molar-refractivity contribution in [3.63, 3.8) is 0 Å². The van der Waals surface area contributed by atoms with Crippen LogP contribution in [-0.2, 0) is 15.8 Å². The van der Waals surface area contributed by atoms with Crippen molar-refractivity contribution in [2.24, 2.45) is 0 Å². The maximum absolute atomic E-state index is 12.5. The average Bonchev–Trinajstić information content (AvgIpc) is 3.02. The summed E-state index contributed by atoms with van der Waals surface area (Å²) in [4.78, 5) is 2.49. The molecule has 0 N–H and O–H groups in total. The molecule has 3 rings (SSSR count). The number of piperazine rings is 1. The lowest BCUT2D eigenvalue weighted by Crippen LogP contribution is -2.51. The van der Waals surface area contributed by atoms with Crippen LogP contribution in [0, 0.1) is 0 Å². The molecule has 1 saturated carbocycles. The molecular weight excluding hydrogens is 284 g/mol. The molecule has 0 radical (unpaired) electrons. The van der Waals surface area contributed by atoms with Gasteiger partial charge in [-0.3, -0.25) is 4.90 Å². The first-order chi connectivity index (χ1) is 10.1. The van der Waals surface area contributed by atoms with Crippen LogP contribution in [0.3, 0.4) is 0 Å². The second-order valence-electron chi connectivity index (χ2n) is 6.12. The molecule has 0 bridgehead atoms. The number of hydrogen-bond acceptors (Lipinski definition) is 3. The third kappa shape index (κ3) is 3.65. The molecular formula is C16H24N2O2S. The number of nitrogens with zero attached hydrogens (tertiary/aromatic N) is 2. The number of benzene rings is 1. The second-order valence-corrected chi connectivity index (χ2v) is 8.08. The fraction of sp³-hybridized carbons (Fsp3) is 0.625. The molecule has 2 aliphatic rings. The number of sulfonamides is 1. The molecule has 0 atom stereocenters. The van der Waals surface area contributed by atoms with E-state index in [9.17, 15) is 8.42 Å². The molecule has 116 valence electrons. The zero-order chi connectivity index (χ0) is 14.7. The molecule has 5 heteroatoms. The highest BCUT2D eigenvalue weighted by atomic mass is 32.2. The van der Waals surface area contributed by atoms with Crippen LogP contribution in [0.15, 0.2) is 30.3 Å². The van der Waals surface area contributed by atoms with E-state index in [1.165, 1.54) is 25.7 Å². The molecule has 1 aromatic carbocycles. The minimum absolute atomic E-state index is 0.122. The predicted molar refractivity (Wildman–Crippen MR) is 84.5 cm³/mol. The number of hydrogen-bond donors (Lipinski definition) is 0. The molecule has 2 fully saturated rings. The molecule has 4 nitrogen and oxygen atoms in total. The Hall–Kier alpha value is -0.910. The Morgan fingerprint density at radius 2 is 1.57 bits per heavy atom. The second kappa shape index (κ2) is 6.46. The summed E-state index contributed by atoms with van der Waals surface area (Å²) in [5, 5.41) is 0. The van der Waals surface area contributed by atoms with Crippen LogP contribution in [0.5, 0.6) is 0 Å². The molecule has 21 heavy (non-hydrogen) atoms. The molecule has 1 aliphatic heterocycles. The largest absolute Gasteiger partial charge is 0.298 e. The zero-order valence-electron chi connectivity index (χ0n) is 12.4. The van der Waals surface area contributed by atoms with E-state index in [0.717, 1.165) is 18.7 Å². The summed E-state index contributed by atoms with van der Waals surface area (Å²) in [6.07, 6.45) is 5.24. The van der Waals surface area contributed by atoms with Gasteiger partial charge in [0.2, 0.25) is 10.0 Å². The van der Waals surface area contributed by atoms with Gasteiger partial charge in [0.25, 0.3) is 0 Å². The molecule has 1 aliphatic carbocycles. The Balaban J connectivity index is 1.58. The van der Waals surface area contributed by atoms with Gasteiger partial charge in [0.05, 0.1) is 5.75 Å². The van der Waals surface area contributed by atoms with Crippen molar-refractivity contribution >= 4 is 10.0 Å². The van der Waals surface area contributed by atoms with E-state index in [-0.39, 0.29) is 5.75 Å². The van der Waals surface area contributed by atoms with Crippen molar-refractivity contribution in [3.05, 3.63) is 35.9 Å². The van der Waals surface area contributed by atoms with Crippen LogP contribution in [0.2, 0.25) is 0 Å². The SMILES string of the molecule is O=S(=O)(Cc1ccccc1)N1CCN(C2CCCC2)CC1. The average molecular weight is 308 g/mol. The summed E-state index contributed by atoms with van der Waals surface area (Å²) in [5.74, 6) is 0.122. The third-order valence-electron chi connectivity index (χ3n) is 4.70. The lowest BCUT2D eigenvalue weighted by Gasteiger charge is -2.37. The summed E-state index contributed by atoms with van der Waals surface area (Å²) in [6.45, 7) is 3.06. The van der Waals surface area contributed by atoms with Crippen LogP contribution in [-0.4, -0.2) is 49.8 Å². The van der Waals surface area contributed by atoms with E-state index in [1.807, 2.05) is 30.3 Å². The lowest BCUT2D eigenvalue weighted by atomic mass is 10.2. The first-order valence-electron chi connectivity index (χ1n) is 7.91. The van der Waals surface area contributed by atoms with Gasteiger partial charge in [-0.05, 0) is 18.4 Å². The van der Waals surface area contributed by atoms with Gasteiger partial charge in [-0.25, -0.2) is 8.42 Å². The van der Waals surface area contributed by atoms with Gasteiger partial charge in [-0.1, -0.05) is 43.2 Å². The van der Waals surface area contributed by atoms with Crippen molar-refractivity contribution in [2.45, 2.75) is 37.5 Å². The van der Waals surface area contributed by atoms with Gasteiger partial charge >= 0.3 is 0 Å². The highest BCUT2D eigenvalue weighted by molar-refractivity contribution is 7.88. The Morgan fingerprint density at radius 3 is 2.19 bits per heavy atom. The molecule has 1 heterocycles. The van der Waals surface area contributed by atoms with Crippen LogP contribution in [0.1, 0.15) is 31.2 Å². The number of rotatable bonds is 4. The van der Waals surface area contributed by atoms with Crippen molar-refractivity contribution < 1.29 is 8.42 Å². The zero-order valence-corrected chi connectivity index (χ0v) is 13.3. The van der Waals surface area contributed by atoms with Gasteiger partial charge in [0.1, 0.15) is 0 Å². The van der Waals surface area contributed by atoms with Crippen LogP contribution >= 0.6 is 0 Å². The monoisotopic (exact) mass is 308 g/mol. The molecule has 0 amide bonds. The van der Waals surface area contributed by atoms with Crippen LogP contribution < -0.4 is 0 Å². The normalized spacial score (nSPS) is 22.7. The highest BCUT2D eigenvalue weighted by Crippen LogP contribution is 2.25. The molecule has 1 saturated heterocycles. The van der Waals surface area contributed by atoms with Gasteiger partial charge in [0.15, 0.2) is 0 Å². The third-order valence-corrected chi connectivity index (χ3v) is 6.55. The maximum Gasteiger partial charge on any atom is 0.218 e. The topological polar surface area (TPSA) is 40.6 Å². The fourth-order valence-corrected chi connectivity index (χ4v) is 5.01. The van der Waals surface area contributed by atoms with Crippen molar-refractivity contribution in [1.82, 2.24) is 9.21 Å². The molecule has 0 unspecified atom stereocenters. The van der Waals surface area contributed by atoms with Crippen molar-refractivity contribution in [2.75, 3.05) is 26.2 Å². The first kappa shape index (κ1) is 15.0. The van der Waals surface area contributed by atoms with E-state index < -0.39 is 10.0 Å². The van der Waals surface area contributed by atoms with E-state index >= 15 is 0 Å². The highest BCUT2D eigenvalue weighted by Gasteiger charge is 2.30. The van der Waals surface area contributed by atoms with E-state index in [2.05, 4.69) is 4.90 Å². The minimum atomic E-state index is -3.18. The Morgan fingerprint density at radius 1 is 0.952 bits per heavy atom. The fourth-order valence-electron chi connectivity index (χ4n) is 3.49. The quantitative estimate of drug-likeness (QED) is 0.855. The predicted octanol–water partition coefficient (Wildman–Crippen LogP) is 2.08. The van der Waals surface area contributed by atoms with Gasteiger partial charge < -0.3 is 0 Å². The standard InChI is InChI=1S/C16H24N2O2S/c19-21(20,14-15-6-2-1-3-7-15)18-12-10-17(11-13-18)16-8-4-5-9-16/h1-3,6-7,16H,4-5,8-14H2. The summed E-state index contributed by atoms with van der Waals surface area (Å²) in [7, 11) is -3.18. The maximum atomic E-state index is 12.5. The summed E-state index contributed by atoms with van der Waals surface area (Å²) >= 11 is 0. The Labute approximate surface area is 127 Å². The lowest BCUT2D eigenvalue weighted by molar-refractivity contribution is 0.139. The minimum Gasteiger partial charge on any atom is -0.298 e.